The molecule has 2 rings (SSSR count). The molecule has 0 saturated carbocycles. The number of amides is 1. The molecule has 1 aromatic carbocycles. The van der Waals surface area contributed by atoms with Gasteiger partial charge in [0.2, 0.25) is 5.91 Å². The third kappa shape index (κ3) is 4.34. The Labute approximate surface area is 122 Å². The van der Waals surface area contributed by atoms with Crippen molar-refractivity contribution in [2.24, 2.45) is 11.8 Å². The molecule has 110 valence electrons. The summed E-state index contributed by atoms with van der Waals surface area (Å²) in [5, 5.41) is 6.42. The van der Waals surface area contributed by atoms with Crippen LogP contribution in [0.5, 0.6) is 0 Å². The Kier molecular flexibility index (Phi) is 5.60. The minimum Gasteiger partial charge on any atom is -0.356 e. The normalized spacial score (nSPS) is 24.1. The molecule has 3 atom stereocenters. The van der Waals surface area contributed by atoms with Crippen molar-refractivity contribution in [1.29, 1.82) is 0 Å². The molecule has 0 radical (unpaired) electrons. The van der Waals surface area contributed by atoms with Crippen molar-refractivity contribution in [3.05, 3.63) is 35.9 Å². The van der Waals surface area contributed by atoms with Gasteiger partial charge in [0, 0.05) is 13.1 Å². The molecule has 3 nitrogen and oxygen atoms in total. The maximum Gasteiger partial charge on any atom is 0.224 e. The van der Waals surface area contributed by atoms with Gasteiger partial charge in [-0.2, -0.15) is 0 Å². The molecule has 2 N–H and O–H groups in total. The van der Waals surface area contributed by atoms with Crippen LogP contribution in [0.25, 0.3) is 0 Å². The first kappa shape index (κ1) is 15.0. The highest BCUT2D eigenvalue weighted by atomic mass is 16.1. The Morgan fingerprint density at radius 3 is 2.80 bits per heavy atom. The van der Waals surface area contributed by atoms with E-state index in [9.17, 15) is 4.79 Å². The number of hydrogen-bond donors (Lipinski definition) is 2. The van der Waals surface area contributed by atoms with Gasteiger partial charge in [0.25, 0.3) is 0 Å². The van der Waals surface area contributed by atoms with Gasteiger partial charge in [-0.25, -0.2) is 0 Å². The molecular formula is C17H26N2O. The third-order valence-electron chi connectivity index (χ3n) is 4.19. The molecule has 0 aromatic heterocycles. The van der Waals surface area contributed by atoms with Gasteiger partial charge in [-0.1, -0.05) is 44.2 Å². The SMILES string of the molecule is CC1CNCC(C(=O)NCCC(C)c2ccccc2)C1. The average Bonchev–Trinajstić information content (AvgIpc) is 2.48. The quantitative estimate of drug-likeness (QED) is 0.866. The summed E-state index contributed by atoms with van der Waals surface area (Å²) in [5.74, 6) is 1.44. The van der Waals surface area contributed by atoms with Gasteiger partial charge >= 0.3 is 0 Å². The van der Waals surface area contributed by atoms with E-state index in [0.717, 1.165) is 32.5 Å². The Bertz CT molecular complexity index is 418. The molecule has 1 saturated heterocycles. The Morgan fingerprint density at radius 2 is 2.10 bits per heavy atom. The summed E-state index contributed by atoms with van der Waals surface area (Å²) in [6.07, 6.45) is 2.00. The van der Waals surface area contributed by atoms with E-state index >= 15 is 0 Å². The third-order valence-corrected chi connectivity index (χ3v) is 4.19. The number of rotatable bonds is 5. The molecule has 1 aliphatic rings. The van der Waals surface area contributed by atoms with E-state index in [4.69, 9.17) is 0 Å². The van der Waals surface area contributed by atoms with E-state index < -0.39 is 0 Å². The Morgan fingerprint density at radius 1 is 1.35 bits per heavy atom. The number of hydrogen-bond acceptors (Lipinski definition) is 2. The van der Waals surface area contributed by atoms with Crippen molar-refractivity contribution in [1.82, 2.24) is 10.6 Å². The zero-order valence-electron chi connectivity index (χ0n) is 12.6. The molecule has 1 amide bonds. The molecule has 0 spiro atoms. The lowest BCUT2D eigenvalue weighted by Crippen LogP contribution is -2.43. The minimum atomic E-state index is 0.144. The summed E-state index contributed by atoms with van der Waals surface area (Å²) < 4.78 is 0. The van der Waals surface area contributed by atoms with E-state index in [1.54, 1.807) is 0 Å². The van der Waals surface area contributed by atoms with Crippen LogP contribution in [0.2, 0.25) is 0 Å². The first-order chi connectivity index (χ1) is 9.66. The lowest BCUT2D eigenvalue weighted by molar-refractivity contribution is -0.125. The number of benzene rings is 1. The number of nitrogens with one attached hydrogen (secondary N) is 2. The summed E-state index contributed by atoms with van der Waals surface area (Å²) in [6, 6.07) is 10.5. The predicted octanol–water partition coefficient (Wildman–Crippen LogP) is 2.54. The molecule has 3 unspecified atom stereocenters. The van der Waals surface area contributed by atoms with Crippen molar-refractivity contribution in [3.63, 3.8) is 0 Å². The lowest BCUT2D eigenvalue weighted by Gasteiger charge is -2.27. The largest absolute Gasteiger partial charge is 0.356 e. The van der Waals surface area contributed by atoms with Crippen LogP contribution in [0.15, 0.2) is 30.3 Å². The molecule has 1 fully saturated rings. The number of piperidine rings is 1. The van der Waals surface area contributed by atoms with Crippen molar-refractivity contribution in [2.45, 2.75) is 32.6 Å². The maximum absolute atomic E-state index is 12.1. The summed E-state index contributed by atoms with van der Waals surface area (Å²) >= 11 is 0. The van der Waals surface area contributed by atoms with Gasteiger partial charge in [-0.3, -0.25) is 4.79 Å². The second-order valence-electron chi connectivity index (χ2n) is 6.09. The zero-order chi connectivity index (χ0) is 14.4. The standard InChI is InChI=1S/C17H26N2O/c1-13-10-16(12-18-11-13)17(20)19-9-8-14(2)15-6-4-3-5-7-15/h3-7,13-14,16,18H,8-12H2,1-2H3,(H,19,20). The van der Waals surface area contributed by atoms with E-state index in [-0.39, 0.29) is 11.8 Å². The maximum atomic E-state index is 12.1. The number of carbonyl (C=O) groups excluding carboxylic acids is 1. The fraction of sp³-hybridized carbons (Fsp3) is 0.588. The average molecular weight is 274 g/mol. The van der Waals surface area contributed by atoms with Gasteiger partial charge in [0.15, 0.2) is 0 Å². The van der Waals surface area contributed by atoms with Crippen LogP contribution in [-0.4, -0.2) is 25.5 Å². The van der Waals surface area contributed by atoms with Crippen LogP contribution < -0.4 is 10.6 Å². The Hall–Kier alpha value is -1.35. The van der Waals surface area contributed by atoms with Crippen LogP contribution in [0, 0.1) is 11.8 Å². The predicted molar refractivity (Wildman–Crippen MR) is 82.6 cm³/mol. The second kappa shape index (κ2) is 7.44. The summed E-state index contributed by atoms with van der Waals surface area (Å²) in [4.78, 5) is 12.1. The molecule has 20 heavy (non-hydrogen) atoms. The van der Waals surface area contributed by atoms with Gasteiger partial charge in [0.05, 0.1) is 5.92 Å². The van der Waals surface area contributed by atoms with Gasteiger partial charge in [-0.05, 0) is 36.8 Å². The highest BCUT2D eigenvalue weighted by molar-refractivity contribution is 5.78. The molecule has 0 aliphatic carbocycles. The molecule has 1 heterocycles. The van der Waals surface area contributed by atoms with Gasteiger partial charge < -0.3 is 10.6 Å². The fourth-order valence-electron chi connectivity index (χ4n) is 2.86. The van der Waals surface area contributed by atoms with Crippen molar-refractivity contribution in [2.75, 3.05) is 19.6 Å². The van der Waals surface area contributed by atoms with Crippen molar-refractivity contribution < 1.29 is 4.79 Å². The first-order valence-electron chi connectivity index (χ1n) is 7.70. The van der Waals surface area contributed by atoms with Crippen LogP contribution in [0.1, 0.15) is 38.2 Å². The van der Waals surface area contributed by atoms with E-state index in [0.29, 0.717) is 11.8 Å². The summed E-state index contributed by atoms with van der Waals surface area (Å²) in [7, 11) is 0. The number of carbonyl (C=O) groups is 1. The molecule has 1 aromatic rings. The second-order valence-corrected chi connectivity index (χ2v) is 6.09. The van der Waals surface area contributed by atoms with Crippen LogP contribution >= 0.6 is 0 Å². The van der Waals surface area contributed by atoms with E-state index in [2.05, 4.69) is 48.7 Å². The molecule has 0 bridgehead atoms. The first-order valence-corrected chi connectivity index (χ1v) is 7.70. The van der Waals surface area contributed by atoms with Crippen molar-refractivity contribution in [3.8, 4) is 0 Å². The Balaban J connectivity index is 1.71. The highest BCUT2D eigenvalue weighted by Gasteiger charge is 2.24. The topological polar surface area (TPSA) is 41.1 Å². The van der Waals surface area contributed by atoms with E-state index in [1.807, 2.05) is 6.07 Å². The summed E-state index contributed by atoms with van der Waals surface area (Å²) in [6.45, 7) is 7.04. The highest BCUT2D eigenvalue weighted by Crippen LogP contribution is 2.18. The molecule has 1 aliphatic heterocycles. The smallest absolute Gasteiger partial charge is 0.224 e. The van der Waals surface area contributed by atoms with Gasteiger partial charge in [-0.15, -0.1) is 0 Å². The van der Waals surface area contributed by atoms with Crippen LogP contribution in [-0.2, 0) is 4.79 Å². The molecule has 3 heteroatoms. The fourth-order valence-corrected chi connectivity index (χ4v) is 2.86. The minimum absolute atomic E-state index is 0.144. The lowest BCUT2D eigenvalue weighted by atomic mass is 9.91. The summed E-state index contributed by atoms with van der Waals surface area (Å²) in [5.41, 5.74) is 1.34. The van der Waals surface area contributed by atoms with Crippen LogP contribution in [0.3, 0.4) is 0 Å². The van der Waals surface area contributed by atoms with E-state index in [1.165, 1.54) is 5.56 Å². The molecular weight excluding hydrogens is 248 g/mol. The van der Waals surface area contributed by atoms with Crippen molar-refractivity contribution >= 4 is 5.91 Å². The van der Waals surface area contributed by atoms with Crippen LogP contribution in [0.4, 0.5) is 0 Å². The zero-order valence-corrected chi connectivity index (χ0v) is 12.6. The monoisotopic (exact) mass is 274 g/mol. The van der Waals surface area contributed by atoms with Gasteiger partial charge in [0.1, 0.15) is 0 Å².